The fourth-order valence-electron chi connectivity index (χ4n) is 1.85. The van der Waals surface area contributed by atoms with E-state index in [0.717, 1.165) is 4.47 Å². The average molecular weight is 351 g/mol. The van der Waals surface area contributed by atoms with Gasteiger partial charge in [-0.3, -0.25) is 4.79 Å². The lowest BCUT2D eigenvalue weighted by molar-refractivity contribution is 0.102. The van der Waals surface area contributed by atoms with E-state index in [2.05, 4.69) is 21.2 Å². The highest BCUT2D eigenvalue weighted by molar-refractivity contribution is 9.10. The Kier molecular flexibility index (Phi) is 4.70. The molecule has 0 saturated carbocycles. The molecule has 6 heteroatoms. The zero-order valence-electron chi connectivity index (χ0n) is 11.6. The van der Waals surface area contributed by atoms with Crippen LogP contribution in [0.3, 0.4) is 0 Å². The first-order valence-corrected chi connectivity index (χ1v) is 6.93. The Morgan fingerprint density at radius 3 is 2.43 bits per heavy atom. The predicted molar refractivity (Wildman–Crippen MR) is 86.1 cm³/mol. The van der Waals surface area contributed by atoms with Crippen LogP contribution in [-0.4, -0.2) is 20.1 Å². The molecule has 0 radical (unpaired) electrons. The van der Waals surface area contributed by atoms with Gasteiger partial charge in [0.15, 0.2) is 11.5 Å². The summed E-state index contributed by atoms with van der Waals surface area (Å²) >= 11 is 3.30. The van der Waals surface area contributed by atoms with E-state index in [1.165, 1.54) is 7.11 Å². The Hall–Kier alpha value is -2.21. The summed E-state index contributed by atoms with van der Waals surface area (Å²) in [6.45, 7) is 0. The molecule has 2 aromatic rings. The van der Waals surface area contributed by atoms with E-state index < -0.39 is 0 Å². The van der Waals surface area contributed by atoms with Crippen LogP contribution in [0.15, 0.2) is 40.9 Å². The lowest BCUT2D eigenvalue weighted by atomic mass is 10.1. The summed E-state index contributed by atoms with van der Waals surface area (Å²) in [6, 6.07) is 10.2. The molecule has 0 aliphatic rings. The molecule has 0 aromatic heterocycles. The average Bonchev–Trinajstić information content (AvgIpc) is 2.46. The van der Waals surface area contributed by atoms with Gasteiger partial charge in [0.2, 0.25) is 0 Å². The fraction of sp³-hybridized carbons (Fsp3) is 0.133. The molecule has 0 unspecified atom stereocenters. The molecule has 110 valence electrons. The van der Waals surface area contributed by atoms with E-state index in [4.69, 9.17) is 15.2 Å². The molecule has 0 aliphatic heterocycles. The van der Waals surface area contributed by atoms with Crippen molar-refractivity contribution in [3.8, 4) is 11.5 Å². The summed E-state index contributed by atoms with van der Waals surface area (Å²) < 4.78 is 11.2. The monoisotopic (exact) mass is 350 g/mol. The summed E-state index contributed by atoms with van der Waals surface area (Å²) in [5.74, 6) is 0.852. The van der Waals surface area contributed by atoms with Gasteiger partial charge < -0.3 is 20.5 Å². The Balaban J connectivity index is 2.23. The number of benzene rings is 2. The van der Waals surface area contributed by atoms with E-state index in [-0.39, 0.29) is 5.91 Å². The van der Waals surface area contributed by atoms with Gasteiger partial charge in [-0.1, -0.05) is 15.9 Å². The third-order valence-electron chi connectivity index (χ3n) is 2.90. The van der Waals surface area contributed by atoms with Gasteiger partial charge >= 0.3 is 0 Å². The molecule has 0 heterocycles. The van der Waals surface area contributed by atoms with Gasteiger partial charge in [0, 0.05) is 21.9 Å². The largest absolute Gasteiger partial charge is 0.493 e. The summed E-state index contributed by atoms with van der Waals surface area (Å²) in [7, 11) is 3.09. The number of rotatable bonds is 4. The number of ether oxygens (including phenoxy) is 2. The van der Waals surface area contributed by atoms with Crippen molar-refractivity contribution in [2.45, 2.75) is 0 Å². The first-order chi connectivity index (χ1) is 10.0. The maximum atomic E-state index is 12.2. The lowest BCUT2D eigenvalue weighted by Crippen LogP contribution is -2.14. The van der Waals surface area contributed by atoms with Gasteiger partial charge in [-0.25, -0.2) is 0 Å². The molecule has 2 aromatic carbocycles. The van der Waals surface area contributed by atoms with Crippen LogP contribution in [0.25, 0.3) is 0 Å². The maximum Gasteiger partial charge on any atom is 0.257 e. The Labute approximate surface area is 131 Å². The van der Waals surface area contributed by atoms with Gasteiger partial charge in [0.05, 0.1) is 19.8 Å². The van der Waals surface area contributed by atoms with Crippen LogP contribution in [0.1, 0.15) is 10.4 Å². The van der Waals surface area contributed by atoms with Crippen molar-refractivity contribution in [3.63, 3.8) is 0 Å². The number of hydrogen-bond acceptors (Lipinski definition) is 4. The van der Waals surface area contributed by atoms with Gasteiger partial charge in [0.25, 0.3) is 5.91 Å². The molecule has 0 saturated heterocycles. The smallest absolute Gasteiger partial charge is 0.257 e. The maximum absolute atomic E-state index is 12.2. The summed E-state index contributed by atoms with van der Waals surface area (Å²) in [5, 5.41) is 2.77. The van der Waals surface area contributed by atoms with Crippen LogP contribution >= 0.6 is 15.9 Å². The van der Waals surface area contributed by atoms with Crippen molar-refractivity contribution in [1.29, 1.82) is 0 Å². The molecule has 3 N–H and O–H groups in total. The number of halogens is 1. The molecule has 21 heavy (non-hydrogen) atoms. The molecule has 0 aliphatic carbocycles. The van der Waals surface area contributed by atoms with Crippen LogP contribution in [-0.2, 0) is 0 Å². The van der Waals surface area contributed by atoms with Crippen LogP contribution in [0.4, 0.5) is 11.4 Å². The van der Waals surface area contributed by atoms with Crippen LogP contribution in [0.2, 0.25) is 0 Å². The Bertz CT molecular complexity index is 674. The van der Waals surface area contributed by atoms with Gasteiger partial charge in [-0.2, -0.15) is 0 Å². The van der Waals surface area contributed by atoms with Crippen LogP contribution in [0.5, 0.6) is 11.5 Å². The van der Waals surface area contributed by atoms with Gasteiger partial charge in [0.1, 0.15) is 0 Å². The standard InChI is InChI=1S/C15H15BrN2O3/c1-20-13-6-4-10(8-14(13)21-2)18-15(19)11-5-3-9(16)7-12(11)17/h3-8H,17H2,1-2H3,(H,18,19). The highest BCUT2D eigenvalue weighted by Gasteiger charge is 2.12. The molecule has 2 rings (SSSR count). The van der Waals surface area contributed by atoms with Crippen molar-refractivity contribution in [2.24, 2.45) is 0 Å². The number of nitrogens with one attached hydrogen (secondary N) is 1. The minimum Gasteiger partial charge on any atom is -0.493 e. The highest BCUT2D eigenvalue weighted by atomic mass is 79.9. The molecule has 0 atom stereocenters. The normalized spacial score (nSPS) is 10.0. The van der Waals surface area contributed by atoms with Crippen LogP contribution < -0.4 is 20.5 Å². The second kappa shape index (κ2) is 6.49. The van der Waals surface area contributed by atoms with E-state index in [1.807, 2.05) is 0 Å². The SMILES string of the molecule is COc1ccc(NC(=O)c2ccc(Br)cc2N)cc1OC. The molecule has 5 nitrogen and oxygen atoms in total. The first kappa shape index (κ1) is 15.2. The van der Waals surface area contributed by atoms with E-state index >= 15 is 0 Å². The predicted octanol–water partition coefficient (Wildman–Crippen LogP) is 3.30. The first-order valence-electron chi connectivity index (χ1n) is 6.13. The van der Waals surface area contributed by atoms with E-state index in [0.29, 0.717) is 28.4 Å². The molecular weight excluding hydrogens is 336 g/mol. The number of methoxy groups -OCH3 is 2. The molecule has 0 spiro atoms. The number of amides is 1. The Morgan fingerprint density at radius 2 is 1.81 bits per heavy atom. The minimum atomic E-state index is -0.285. The number of carbonyl (C=O) groups excluding carboxylic acids is 1. The number of hydrogen-bond donors (Lipinski definition) is 2. The third kappa shape index (κ3) is 3.46. The molecule has 1 amide bonds. The lowest BCUT2D eigenvalue weighted by Gasteiger charge is -2.11. The molecule has 0 fully saturated rings. The fourth-order valence-corrected chi connectivity index (χ4v) is 2.23. The van der Waals surface area contributed by atoms with Crippen molar-refractivity contribution in [1.82, 2.24) is 0 Å². The van der Waals surface area contributed by atoms with Gasteiger partial charge in [-0.15, -0.1) is 0 Å². The number of carbonyl (C=O) groups is 1. The second-order valence-electron chi connectivity index (χ2n) is 4.26. The van der Waals surface area contributed by atoms with Crippen LogP contribution in [0, 0.1) is 0 Å². The highest BCUT2D eigenvalue weighted by Crippen LogP contribution is 2.30. The molecular formula is C15H15BrN2O3. The van der Waals surface area contributed by atoms with Crippen molar-refractivity contribution < 1.29 is 14.3 Å². The summed E-state index contributed by atoms with van der Waals surface area (Å²) in [4.78, 5) is 12.2. The number of nitrogen functional groups attached to an aromatic ring is 1. The van der Waals surface area contributed by atoms with E-state index in [1.54, 1.807) is 43.5 Å². The topological polar surface area (TPSA) is 73.6 Å². The summed E-state index contributed by atoms with van der Waals surface area (Å²) in [6.07, 6.45) is 0. The molecule has 0 bridgehead atoms. The zero-order chi connectivity index (χ0) is 15.4. The Morgan fingerprint density at radius 1 is 1.10 bits per heavy atom. The number of nitrogens with two attached hydrogens (primary N) is 1. The minimum absolute atomic E-state index is 0.285. The van der Waals surface area contributed by atoms with E-state index in [9.17, 15) is 4.79 Å². The van der Waals surface area contributed by atoms with Crippen molar-refractivity contribution in [2.75, 3.05) is 25.3 Å². The summed E-state index contributed by atoms with van der Waals surface area (Å²) in [5.41, 5.74) is 7.25. The second-order valence-corrected chi connectivity index (χ2v) is 5.17. The van der Waals surface area contributed by atoms with Crippen molar-refractivity contribution in [3.05, 3.63) is 46.4 Å². The van der Waals surface area contributed by atoms with Gasteiger partial charge in [-0.05, 0) is 30.3 Å². The quantitative estimate of drug-likeness (QED) is 0.829. The number of anilines is 2. The van der Waals surface area contributed by atoms with Crippen molar-refractivity contribution >= 4 is 33.2 Å². The third-order valence-corrected chi connectivity index (χ3v) is 3.39. The zero-order valence-corrected chi connectivity index (χ0v) is 13.2.